The highest BCUT2D eigenvalue weighted by Crippen LogP contribution is 2.36. The number of thiocarbonyl (C=S) groups is 1. The van der Waals surface area contributed by atoms with Crippen LogP contribution in [0, 0.1) is 5.92 Å². The average Bonchev–Trinajstić information content (AvgIpc) is 2.83. The summed E-state index contributed by atoms with van der Waals surface area (Å²) in [6.45, 7) is 3.46. The molecule has 0 saturated carbocycles. The van der Waals surface area contributed by atoms with Crippen molar-refractivity contribution in [3.8, 4) is 0 Å². The van der Waals surface area contributed by atoms with Crippen LogP contribution in [0.4, 0.5) is 0 Å². The molecule has 2 aromatic rings. The number of carbonyl (C=O) groups excluding carboxylic acids is 2. The first-order valence-corrected chi connectivity index (χ1v) is 9.08. The average molecular weight is 370 g/mol. The number of nitrogens with zero attached hydrogens (tertiary/aromatic N) is 1. The molecule has 25 heavy (non-hydrogen) atoms. The lowest BCUT2D eigenvalue weighted by Gasteiger charge is -2.30. The van der Waals surface area contributed by atoms with Gasteiger partial charge in [0.15, 0.2) is 0 Å². The Morgan fingerprint density at radius 2 is 1.88 bits per heavy atom. The number of carboxylic acid groups (broad SMARTS) is 1. The maximum Gasteiger partial charge on any atom is 0.266 e. The number of aliphatic carboxylic acids is 1. The van der Waals surface area contributed by atoms with E-state index in [9.17, 15) is 14.7 Å². The number of benzene rings is 2. The fourth-order valence-corrected chi connectivity index (χ4v) is 4.23. The molecule has 0 unspecified atom stereocenters. The maximum absolute atomic E-state index is 12.8. The minimum absolute atomic E-state index is 0.249. The minimum Gasteiger partial charge on any atom is -0.548 e. The molecule has 1 amide bonds. The molecule has 0 spiro atoms. The largest absolute Gasteiger partial charge is 0.548 e. The first kappa shape index (κ1) is 17.6. The van der Waals surface area contributed by atoms with Gasteiger partial charge in [-0.05, 0) is 28.3 Å². The van der Waals surface area contributed by atoms with Crippen molar-refractivity contribution in [2.45, 2.75) is 19.9 Å². The third-order valence-corrected chi connectivity index (χ3v) is 5.42. The van der Waals surface area contributed by atoms with Crippen LogP contribution in [-0.2, 0) is 9.59 Å². The number of amides is 1. The Balaban J connectivity index is 2.02. The van der Waals surface area contributed by atoms with Gasteiger partial charge in [-0.1, -0.05) is 80.3 Å². The molecule has 1 fully saturated rings. The zero-order chi connectivity index (χ0) is 18.1. The lowest BCUT2D eigenvalue weighted by molar-refractivity contribution is -0.311. The third-order valence-electron chi connectivity index (χ3n) is 4.08. The van der Waals surface area contributed by atoms with Gasteiger partial charge >= 0.3 is 0 Å². The van der Waals surface area contributed by atoms with Crippen molar-refractivity contribution in [2.75, 3.05) is 0 Å². The molecular formula is C19H16NO3S2-. The second-order valence-electron chi connectivity index (χ2n) is 6.13. The molecule has 0 aliphatic carbocycles. The van der Waals surface area contributed by atoms with Crippen LogP contribution < -0.4 is 5.11 Å². The van der Waals surface area contributed by atoms with Crippen molar-refractivity contribution in [1.29, 1.82) is 0 Å². The molecule has 1 aliphatic heterocycles. The molecule has 3 rings (SSSR count). The van der Waals surface area contributed by atoms with Crippen molar-refractivity contribution < 1.29 is 14.7 Å². The van der Waals surface area contributed by atoms with Gasteiger partial charge in [0.05, 0.1) is 16.9 Å². The third kappa shape index (κ3) is 3.32. The molecule has 1 atom stereocenters. The van der Waals surface area contributed by atoms with Crippen molar-refractivity contribution in [3.63, 3.8) is 0 Å². The minimum atomic E-state index is -1.29. The Kier molecular flexibility index (Phi) is 4.92. The summed E-state index contributed by atoms with van der Waals surface area (Å²) < 4.78 is 0.249. The van der Waals surface area contributed by atoms with Gasteiger partial charge in [0.2, 0.25) is 0 Å². The van der Waals surface area contributed by atoms with Crippen LogP contribution in [0.1, 0.15) is 19.4 Å². The fraction of sp³-hybridized carbons (Fsp3) is 0.211. The van der Waals surface area contributed by atoms with Gasteiger partial charge < -0.3 is 9.90 Å². The second kappa shape index (κ2) is 6.98. The first-order valence-electron chi connectivity index (χ1n) is 7.86. The molecule has 4 nitrogen and oxygen atoms in total. The van der Waals surface area contributed by atoms with Crippen LogP contribution in [0.15, 0.2) is 47.4 Å². The standard InChI is InChI=1S/C19H17NO3S2/c1-11(2)16(18(22)23)20-17(21)15(25-19(20)24)10-13-8-5-7-12-6-3-4-9-14(12)13/h3-11,16H,1-2H3,(H,22,23)/p-1/b15-10-/t16-/m1/s1. The number of thioether (sulfide) groups is 1. The number of rotatable bonds is 4. The van der Waals surface area contributed by atoms with E-state index in [0.29, 0.717) is 4.91 Å². The van der Waals surface area contributed by atoms with Crippen LogP contribution >= 0.6 is 24.0 Å². The normalized spacial score (nSPS) is 17.7. The highest BCUT2D eigenvalue weighted by Gasteiger charge is 2.39. The summed E-state index contributed by atoms with van der Waals surface area (Å²) >= 11 is 6.38. The van der Waals surface area contributed by atoms with E-state index in [4.69, 9.17) is 12.2 Å². The van der Waals surface area contributed by atoms with E-state index in [0.717, 1.165) is 33.0 Å². The van der Waals surface area contributed by atoms with Crippen molar-refractivity contribution in [3.05, 3.63) is 52.9 Å². The molecular weight excluding hydrogens is 354 g/mol. The molecule has 6 heteroatoms. The lowest BCUT2D eigenvalue weighted by atomic mass is 10.0. The summed E-state index contributed by atoms with van der Waals surface area (Å²) in [7, 11) is 0. The number of carbonyl (C=O) groups is 2. The summed E-state index contributed by atoms with van der Waals surface area (Å²) in [5.41, 5.74) is 0.896. The maximum atomic E-state index is 12.8. The number of hydrogen-bond acceptors (Lipinski definition) is 5. The summed E-state index contributed by atoms with van der Waals surface area (Å²) in [4.78, 5) is 25.8. The van der Waals surface area contributed by atoms with Gasteiger partial charge in [0.25, 0.3) is 5.91 Å². The summed E-state index contributed by atoms with van der Waals surface area (Å²) in [5, 5.41) is 13.6. The van der Waals surface area contributed by atoms with Gasteiger partial charge in [0.1, 0.15) is 4.32 Å². The van der Waals surface area contributed by atoms with Crippen LogP contribution in [-0.4, -0.2) is 27.1 Å². The Morgan fingerprint density at radius 3 is 2.56 bits per heavy atom. The van der Waals surface area contributed by atoms with Gasteiger partial charge in [-0.2, -0.15) is 0 Å². The highest BCUT2D eigenvalue weighted by atomic mass is 32.2. The van der Waals surface area contributed by atoms with E-state index >= 15 is 0 Å². The van der Waals surface area contributed by atoms with Crippen molar-refractivity contribution >= 4 is 57.0 Å². The molecule has 0 aromatic heterocycles. The van der Waals surface area contributed by atoms with E-state index in [1.807, 2.05) is 42.5 Å². The number of carboxylic acids is 1. The molecule has 0 bridgehead atoms. The zero-order valence-electron chi connectivity index (χ0n) is 13.8. The molecule has 1 saturated heterocycles. The fourth-order valence-electron chi connectivity index (χ4n) is 2.91. The summed E-state index contributed by atoms with van der Waals surface area (Å²) in [5.74, 6) is -1.98. The van der Waals surface area contributed by atoms with Crippen molar-refractivity contribution in [2.24, 2.45) is 5.92 Å². The van der Waals surface area contributed by atoms with Gasteiger partial charge in [-0.3, -0.25) is 9.69 Å². The van der Waals surface area contributed by atoms with E-state index in [2.05, 4.69) is 0 Å². The lowest BCUT2D eigenvalue weighted by Crippen LogP contribution is -2.52. The van der Waals surface area contributed by atoms with Gasteiger partial charge in [-0.15, -0.1) is 0 Å². The second-order valence-corrected chi connectivity index (χ2v) is 7.80. The van der Waals surface area contributed by atoms with E-state index < -0.39 is 12.0 Å². The molecule has 0 N–H and O–H groups in total. The van der Waals surface area contributed by atoms with Gasteiger partial charge in [-0.25, -0.2) is 0 Å². The smallest absolute Gasteiger partial charge is 0.266 e. The van der Waals surface area contributed by atoms with Crippen LogP contribution in [0.3, 0.4) is 0 Å². The van der Waals surface area contributed by atoms with Crippen molar-refractivity contribution in [1.82, 2.24) is 4.90 Å². The predicted octanol–water partition coefficient (Wildman–Crippen LogP) is 2.82. The molecule has 0 radical (unpaired) electrons. The molecule has 128 valence electrons. The monoisotopic (exact) mass is 370 g/mol. The zero-order valence-corrected chi connectivity index (χ0v) is 15.4. The Bertz CT molecular complexity index is 899. The Labute approximate surface area is 155 Å². The summed E-state index contributed by atoms with van der Waals surface area (Å²) in [6, 6.07) is 12.7. The topological polar surface area (TPSA) is 60.4 Å². The quantitative estimate of drug-likeness (QED) is 0.612. The first-order chi connectivity index (χ1) is 11.9. The predicted molar refractivity (Wildman–Crippen MR) is 103 cm³/mol. The van der Waals surface area contributed by atoms with E-state index in [-0.39, 0.29) is 16.1 Å². The van der Waals surface area contributed by atoms with Crippen LogP contribution in [0.5, 0.6) is 0 Å². The molecule has 1 heterocycles. The summed E-state index contributed by atoms with van der Waals surface area (Å²) in [6.07, 6.45) is 1.77. The van der Waals surface area contributed by atoms with Crippen LogP contribution in [0.25, 0.3) is 16.8 Å². The number of hydrogen-bond donors (Lipinski definition) is 0. The molecule has 1 aliphatic rings. The Morgan fingerprint density at radius 1 is 1.20 bits per heavy atom. The van der Waals surface area contributed by atoms with Gasteiger partial charge in [0, 0.05) is 0 Å². The SMILES string of the molecule is CC(C)[C@H](C(=O)[O-])N1C(=O)/C(=C/c2cccc3ccccc23)SC1=S. The van der Waals surface area contributed by atoms with Crippen LogP contribution in [0.2, 0.25) is 0 Å². The molecule has 2 aromatic carbocycles. The van der Waals surface area contributed by atoms with E-state index in [1.54, 1.807) is 19.9 Å². The Hall–Kier alpha value is -2.18. The highest BCUT2D eigenvalue weighted by molar-refractivity contribution is 8.26. The number of fused-ring (bicyclic) bond motifs is 1. The van der Waals surface area contributed by atoms with E-state index in [1.165, 1.54) is 0 Å².